The monoisotopic (exact) mass is 185 g/mol. The first-order valence-corrected chi connectivity index (χ1v) is 6.40. The van der Waals surface area contributed by atoms with Gasteiger partial charge < -0.3 is 0 Å². The Balaban J connectivity index is 1.85. The lowest BCUT2D eigenvalue weighted by Crippen LogP contribution is -2.40. The Morgan fingerprint density at radius 3 is 2.58 bits per heavy atom. The van der Waals surface area contributed by atoms with Crippen molar-refractivity contribution in [1.82, 2.24) is 4.90 Å². The minimum absolute atomic E-state index is 0.918. The van der Waals surface area contributed by atoms with Gasteiger partial charge in [-0.05, 0) is 38.0 Å². The lowest BCUT2D eigenvalue weighted by molar-refractivity contribution is 0.200. The van der Waals surface area contributed by atoms with Crippen LogP contribution < -0.4 is 0 Å². The highest BCUT2D eigenvalue weighted by Gasteiger charge is 2.33. The zero-order chi connectivity index (χ0) is 8.39. The van der Waals surface area contributed by atoms with Crippen molar-refractivity contribution in [2.45, 2.75) is 44.7 Å². The van der Waals surface area contributed by atoms with Gasteiger partial charge in [0.1, 0.15) is 0 Å². The molecule has 1 nitrogen and oxygen atoms in total. The van der Waals surface area contributed by atoms with Crippen molar-refractivity contribution < 1.29 is 0 Å². The maximum Gasteiger partial charge on any atom is 0.0189 e. The van der Waals surface area contributed by atoms with E-state index in [1.807, 2.05) is 0 Å². The number of thioether (sulfide) groups is 1. The van der Waals surface area contributed by atoms with E-state index in [9.17, 15) is 0 Å². The van der Waals surface area contributed by atoms with E-state index in [2.05, 4.69) is 23.6 Å². The molecule has 70 valence electrons. The molecule has 0 spiro atoms. The van der Waals surface area contributed by atoms with Crippen LogP contribution in [0.4, 0.5) is 0 Å². The molecule has 1 atom stereocenters. The van der Waals surface area contributed by atoms with Crippen molar-refractivity contribution in [1.29, 1.82) is 0 Å². The third-order valence-corrected chi connectivity index (χ3v) is 4.18. The smallest absolute Gasteiger partial charge is 0.0189 e. The largest absolute Gasteiger partial charge is 0.297 e. The molecular formula is C10H19NS. The van der Waals surface area contributed by atoms with Crippen LogP contribution in [0, 0.1) is 0 Å². The van der Waals surface area contributed by atoms with Crippen LogP contribution in [0.5, 0.6) is 0 Å². The van der Waals surface area contributed by atoms with Crippen molar-refractivity contribution in [3.63, 3.8) is 0 Å². The van der Waals surface area contributed by atoms with Gasteiger partial charge in [-0.1, -0.05) is 6.92 Å². The van der Waals surface area contributed by atoms with Gasteiger partial charge in [0.2, 0.25) is 0 Å². The fourth-order valence-corrected chi connectivity index (χ4v) is 3.37. The zero-order valence-corrected chi connectivity index (χ0v) is 8.78. The molecule has 0 amide bonds. The van der Waals surface area contributed by atoms with Gasteiger partial charge >= 0.3 is 0 Å². The third kappa shape index (κ3) is 1.97. The molecule has 1 saturated heterocycles. The topological polar surface area (TPSA) is 3.24 Å². The van der Waals surface area contributed by atoms with E-state index in [0.29, 0.717) is 0 Å². The van der Waals surface area contributed by atoms with Crippen LogP contribution in [0.3, 0.4) is 0 Å². The molecule has 0 aromatic heterocycles. The molecule has 0 aromatic rings. The van der Waals surface area contributed by atoms with Crippen molar-refractivity contribution in [2.75, 3.05) is 18.1 Å². The average molecular weight is 185 g/mol. The van der Waals surface area contributed by atoms with Crippen molar-refractivity contribution in [3.8, 4) is 0 Å². The normalized spacial score (nSPS) is 31.0. The second-order valence-corrected chi connectivity index (χ2v) is 5.08. The summed E-state index contributed by atoms with van der Waals surface area (Å²) in [5.41, 5.74) is 0. The number of hydrogen-bond donors (Lipinski definition) is 0. The fourth-order valence-electron chi connectivity index (χ4n) is 2.21. The van der Waals surface area contributed by atoms with Crippen molar-refractivity contribution in [2.24, 2.45) is 0 Å². The molecule has 2 heteroatoms. The average Bonchev–Trinajstić information content (AvgIpc) is 2.92. The first-order chi connectivity index (χ1) is 5.92. The summed E-state index contributed by atoms with van der Waals surface area (Å²) in [4.78, 5) is 2.74. The SMILES string of the molecule is CCN(C1CC1)C1CCCSC1. The van der Waals surface area contributed by atoms with Gasteiger partial charge in [-0.3, -0.25) is 4.90 Å². The Hall–Kier alpha value is 0.310. The van der Waals surface area contributed by atoms with Crippen LogP contribution in [0.1, 0.15) is 32.6 Å². The lowest BCUT2D eigenvalue weighted by atomic mass is 10.1. The predicted octanol–water partition coefficient (Wildman–Crippen LogP) is 2.37. The van der Waals surface area contributed by atoms with Gasteiger partial charge in [0.15, 0.2) is 0 Å². The Morgan fingerprint density at radius 2 is 2.08 bits per heavy atom. The first-order valence-electron chi connectivity index (χ1n) is 5.25. The van der Waals surface area contributed by atoms with Crippen LogP contribution in [0.15, 0.2) is 0 Å². The fraction of sp³-hybridized carbons (Fsp3) is 1.00. The summed E-state index contributed by atoms with van der Waals surface area (Å²) in [5, 5.41) is 0. The molecule has 1 aliphatic carbocycles. The molecule has 2 fully saturated rings. The summed E-state index contributed by atoms with van der Waals surface area (Å²) >= 11 is 2.15. The quantitative estimate of drug-likeness (QED) is 0.664. The minimum atomic E-state index is 0.918. The van der Waals surface area contributed by atoms with E-state index in [1.54, 1.807) is 0 Å². The Morgan fingerprint density at radius 1 is 1.25 bits per heavy atom. The third-order valence-electron chi connectivity index (χ3n) is 2.99. The maximum atomic E-state index is 2.74. The number of hydrogen-bond acceptors (Lipinski definition) is 2. The van der Waals surface area contributed by atoms with Gasteiger partial charge in [0.25, 0.3) is 0 Å². The summed E-state index contributed by atoms with van der Waals surface area (Å²) in [5.74, 6) is 2.79. The predicted molar refractivity (Wildman–Crippen MR) is 55.7 cm³/mol. The van der Waals surface area contributed by atoms with E-state index < -0.39 is 0 Å². The molecular weight excluding hydrogens is 166 g/mol. The van der Waals surface area contributed by atoms with E-state index in [-0.39, 0.29) is 0 Å². The van der Waals surface area contributed by atoms with E-state index in [1.165, 1.54) is 43.7 Å². The summed E-state index contributed by atoms with van der Waals surface area (Å²) < 4.78 is 0. The Kier molecular flexibility index (Phi) is 2.97. The molecule has 2 rings (SSSR count). The van der Waals surface area contributed by atoms with Gasteiger partial charge in [-0.15, -0.1) is 0 Å². The second kappa shape index (κ2) is 4.01. The number of rotatable bonds is 3. The molecule has 12 heavy (non-hydrogen) atoms. The van der Waals surface area contributed by atoms with Crippen LogP contribution in [-0.2, 0) is 0 Å². The number of nitrogens with zero attached hydrogens (tertiary/aromatic N) is 1. The van der Waals surface area contributed by atoms with Gasteiger partial charge in [0.05, 0.1) is 0 Å². The summed E-state index contributed by atoms with van der Waals surface area (Å²) in [6, 6.07) is 1.89. The van der Waals surface area contributed by atoms with Crippen molar-refractivity contribution in [3.05, 3.63) is 0 Å². The lowest BCUT2D eigenvalue weighted by Gasteiger charge is -2.33. The molecule has 1 saturated carbocycles. The maximum absolute atomic E-state index is 2.74. The van der Waals surface area contributed by atoms with E-state index >= 15 is 0 Å². The van der Waals surface area contributed by atoms with Crippen LogP contribution in [0.25, 0.3) is 0 Å². The molecule has 0 N–H and O–H groups in total. The standard InChI is InChI=1S/C10H19NS/c1-2-11(9-5-6-9)10-4-3-7-12-8-10/h9-10H,2-8H2,1H3. The molecule has 1 heterocycles. The van der Waals surface area contributed by atoms with E-state index in [0.717, 1.165) is 12.1 Å². The molecule has 1 unspecified atom stereocenters. The Labute approximate surface area is 79.9 Å². The second-order valence-electron chi connectivity index (χ2n) is 3.93. The van der Waals surface area contributed by atoms with Gasteiger partial charge in [-0.25, -0.2) is 0 Å². The summed E-state index contributed by atoms with van der Waals surface area (Å²) in [6.07, 6.45) is 5.83. The highest BCUT2D eigenvalue weighted by molar-refractivity contribution is 7.99. The van der Waals surface area contributed by atoms with E-state index in [4.69, 9.17) is 0 Å². The molecule has 0 aromatic carbocycles. The van der Waals surface area contributed by atoms with Crippen LogP contribution in [-0.4, -0.2) is 35.0 Å². The summed E-state index contributed by atoms with van der Waals surface area (Å²) in [7, 11) is 0. The minimum Gasteiger partial charge on any atom is -0.297 e. The van der Waals surface area contributed by atoms with Gasteiger partial charge in [-0.2, -0.15) is 11.8 Å². The zero-order valence-electron chi connectivity index (χ0n) is 7.96. The van der Waals surface area contributed by atoms with Crippen LogP contribution >= 0.6 is 11.8 Å². The van der Waals surface area contributed by atoms with Crippen LogP contribution in [0.2, 0.25) is 0 Å². The molecule has 0 radical (unpaired) electrons. The van der Waals surface area contributed by atoms with Gasteiger partial charge in [0, 0.05) is 17.8 Å². The Bertz CT molecular complexity index is 139. The molecule has 2 aliphatic rings. The first kappa shape index (κ1) is 8.89. The van der Waals surface area contributed by atoms with Crippen molar-refractivity contribution >= 4 is 11.8 Å². The molecule has 0 bridgehead atoms. The highest BCUT2D eigenvalue weighted by atomic mass is 32.2. The highest BCUT2D eigenvalue weighted by Crippen LogP contribution is 2.32. The summed E-state index contributed by atoms with van der Waals surface area (Å²) in [6.45, 7) is 3.59. The molecule has 1 aliphatic heterocycles.